The van der Waals surface area contributed by atoms with Crippen molar-refractivity contribution in [3.8, 4) is 0 Å². The second-order valence-corrected chi connectivity index (χ2v) is 5.45. The second-order valence-electron chi connectivity index (χ2n) is 5.45. The predicted octanol–water partition coefficient (Wildman–Crippen LogP) is 4.05. The molecule has 0 saturated carbocycles. The van der Waals surface area contributed by atoms with Crippen molar-refractivity contribution >= 4 is 6.08 Å². The van der Waals surface area contributed by atoms with Crippen LogP contribution in [0.2, 0.25) is 0 Å². The molecule has 1 heteroatoms. The van der Waals surface area contributed by atoms with Crippen LogP contribution in [0.5, 0.6) is 0 Å². The van der Waals surface area contributed by atoms with Crippen LogP contribution in [0.15, 0.2) is 30.0 Å². The first-order valence-corrected chi connectivity index (χ1v) is 6.08. The minimum Gasteiger partial charge on any atom is -0.366 e. The summed E-state index contributed by atoms with van der Waals surface area (Å²) < 4.78 is 0. The normalized spacial score (nSPS) is 15.8. The van der Waals surface area contributed by atoms with Crippen LogP contribution in [0.3, 0.4) is 0 Å². The highest BCUT2D eigenvalue weighted by Gasteiger charge is 2.26. The summed E-state index contributed by atoms with van der Waals surface area (Å²) in [4.78, 5) is 2.51. The first kappa shape index (κ1) is 11.3. The quantitative estimate of drug-likeness (QED) is 0.683. The van der Waals surface area contributed by atoms with Gasteiger partial charge in [-0.3, -0.25) is 0 Å². The second kappa shape index (κ2) is 3.97. The van der Waals surface area contributed by atoms with Crippen LogP contribution in [0, 0.1) is 0 Å². The minimum absolute atomic E-state index is 0.204. The van der Waals surface area contributed by atoms with Crippen LogP contribution < -0.4 is 0 Å². The van der Waals surface area contributed by atoms with Crippen molar-refractivity contribution in [1.29, 1.82) is 0 Å². The zero-order valence-electron chi connectivity index (χ0n) is 10.7. The van der Waals surface area contributed by atoms with E-state index >= 15 is 0 Å². The van der Waals surface area contributed by atoms with E-state index < -0.39 is 0 Å². The first-order chi connectivity index (χ1) is 7.52. The van der Waals surface area contributed by atoms with Gasteiger partial charge in [0.25, 0.3) is 0 Å². The fourth-order valence-corrected chi connectivity index (χ4v) is 2.31. The SMILES string of the molecule is CCC1=Cc2ccccc2CN1C(C)(C)C. The summed E-state index contributed by atoms with van der Waals surface area (Å²) in [5.74, 6) is 0. The number of allylic oxidation sites excluding steroid dienone is 1. The number of hydrogen-bond donors (Lipinski definition) is 0. The van der Waals surface area contributed by atoms with Gasteiger partial charge >= 0.3 is 0 Å². The van der Waals surface area contributed by atoms with Crippen molar-refractivity contribution < 1.29 is 0 Å². The van der Waals surface area contributed by atoms with E-state index in [0.29, 0.717) is 0 Å². The molecule has 1 aliphatic rings. The lowest BCUT2D eigenvalue weighted by Crippen LogP contribution is -2.41. The summed E-state index contributed by atoms with van der Waals surface area (Å²) in [6.45, 7) is 10.1. The van der Waals surface area contributed by atoms with Crippen molar-refractivity contribution in [1.82, 2.24) is 4.90 Å². The lowest BCUT2D eigenvalue weighted by molar-refractivity contribution is 0.171. The van der Waals surface area contributed by atoms with E-state index in [9.17, 15) is 0 Å². The largest absolute Gasteiger partial charge is 0.366 e. The topological polar surface area (TPSA) is 3.24 Å². The molecule has 0 N–H and O–H groups in total. The van der Waals surface area contributed by atoms with Gasteiger partial charge in [0.1, 0.15) is 0 Å². The highest BCUT2D eigenvalue weighted by molar-refractivity contribution is 5.59. The summed E-state index contributed by atoms with van der Waals surface area (Å²) in [6.07, 6.45) is 3.44. The molecule has 2 rings (SSSR count). The maximum Gasteiger partial charge on any atom is 0.0437 e. The molecule has 86 valence electrons. The minimum atomic E-state index is 0.204. The lowest BCUT2D eigenvalue weighted by atomic mass is 9.95. The molecule has 0 amide bonds. The standard InChI is InChI=1S/C15H21N/c1-5-14-10-12-8-6-7-9-13(12)11-16(14)15(2,3)4/h6-10H,5,11H2,1-4H3. The molecule has 1 aliphatic heterocycles. The summed E-state index contributed by atoms with van der Waals surface area (Å²) in [5, 5.41) is 0. The molecule has 0 aliphatic carbocycles. The predicted molar refractivity (Wildman–Crippen MR) is 70.0 cm³/mol. The molecule has 0 unspecified atom stereocenters. The fourth-order valence-electron chi connectivity index (χ4n) is 2.31. The van der Waals surface area contributed by atoms with E-state index in [-0.39, 0.29) is 5.54 Å². The van der Waals surface area contributed by atoms with Gasteiger partial charge in [-0.05, 0) is 44.4 Å². The monoisotopic (exact) mass is 215 g/mol. The van der Waals surface area contributed by atoms with E-state index in [0.717, 1.165) is 13.0 Å². The Morgan fingerprint density at radius 3 is 2.50 bits per heavy atom. The Bertz CT molecular complexity index is 410. The molecular weight excluding hydrogens is 194 g/mol. The number of hydrogen-bond acceptors (Lipinski definition) is 1. The van der Waals surface area contributed by atoms with Gasteiger partial charge in [-0.1, -0.05) is 31.2 Å². The molecular formula is C15H21N. The average Bonchev–Trinajstić information content (AvgIpc) is 2.26. The van der Waals surface area contributed by atoms with Gasteiger partial charge in [0.05, 0.1) is 0 Å². The molecule has 0 bridgehead atoms. The third kappa shape index (κ3) is 1.99. The van der Waals surface area contributed by atoms with Gasteiger partial charge < -0.3 is 4.90 Å². The number of fused-ring (bicyclic) bond motifs is 1. The van der Waals surface area contributed by atoms with Gasteiger partial charge in [-0.2, -0.15) is 0 Å². The van der Waals surface area contributed by atoms with Crippen molar-refractivity contribution in [2.24, 2.45) is 0 Å². The molecule has 0 saturated heterocycles. The van der Waals surface area contributed by atoms with E-state index in [1.807, 2.05) is 0 Å². The Balaban J connectivity index is 2.43. The smallest absolute Gasteiger partial charge is 0.0437 e. The molecule has 1 aromatic carbocycles. The summed E-state index contributed by atoms with van der Waals surface area (Å²) in [7, 11) is 0. The first-order valence-electron chi connectivity index (χ1n) is 6.08. The van der Waals surface area contributed by atoms with Gasteiger partial charge in [0.15, 0.2) is 0 Å². The molecule has 1 aromatic rings. The number of rotatable bonds is 1. The zero-order valence-corrected chi connectivity index (χ0v) is 10.7. The van der Waals surface area contributed by atoms with E-state index in [2.05, 4.69) is 62.9 Å². The fraction of sp³-hybridized carbons (Fsp3) is 0.467. The zero-order chi connectivity index (χ0) is 11.8. The van der Waals surface area contributed by atoms with E-state index in [1.54, 1.807) is 0 Å². The summed E-state index contributed by atoms with van der Waals surface area (Å²) in [5.41, 5.74) is 4.48. The highest BCUT2D eigenvalue weighted by atomic mass is 15.2. The molecule has 16 heavy (non-hydrogen) atoms. The lowest BCUT2D eigenvalue weighted by Gasteiger charge is -2.42. The average molecular weight is 215 g/mol. The maximum atomic E-state index is 2.51. The van der Waals surface area contributed by atoms with E-state index in [4.69, 9.17) is 0 Å². The third-order valence-corrected chi connectivity index (χ3v) is 3.22. The molecule has 0 atom stereocenters. The molecule has 0 aromatic heterocycles. The third-order valence-electron chi connectivity index (χ3n) is 3.22. The number of benzene rings is 1. The Labute approximate surface area is 98.8 Å². The van der Waals surface area contributed by atoms with Crippen LogP contribution in [0.1, 0.15) is 45.2 Å². The molecule has 1 heterocycles. The Kier molecular flexibility index (Phi) is 2.79. The molecule has 0 radical (unpaired) electrons. The Hall–Kier alpha value is -1.24. The van der Waals surface area contributed by atoms with Crippen LogP contribution in [-0.2, 0) is 6.54 Å². The van der Waals surface area contributed by atoms with Crippen LogP contribution >= 0.6 is 0 Å². The Morgan fingerprint density at radius 1 is 1.19 bits per heavy atom. The summed E-state index contributed by atoms with van der Waals surface area (Å²) in [6, 6.07) is 8.70. The van der Waals surface area contributed by atoms with Crippen LogP contribution in [0.25, 0.3) is 6.08 Å². The van der Waals surface area contributed by atoms with E-state index in [1.165, 1.54) is 16.8 Å². The number of nitrogens with zero attached hydrogens (tertiary/aromatic N) is 1. The van der Waals surface area contributed by atoms with Gasteiger partial charge in [-0.15, -0.1) is 0 Å². The molecule has 1 nitrogen and oxygen atoms in total. The van der Waals surface area contributed by atoms with Gasteiger partial charge in [-0.25, -0.2) is 0 Å². The maximum absolute atomic E-state index is 2.51. The van der Waals surface area contributed by atoms with Crippen molar-refractivity contribution in [3.05, 3.63) is 41.1 Å². The van der Waals surface area contributed by atoms with Gasteiger partial charge in [0, 0.05) is 17.8 Å². The van der Waals surface area contributed by atoms with Crippen molar-refractivity contribution in [2.75, 3.05) is 0 Å². The molecule has 0 fully saturated rings. The van der Waals surface area contributed by atoms with Gasteiger partial charge in [0.2, 0.25) is 0 Å². The molecule has 0 spiro atoms. The highest BCUT2D eigenvalue weighted by Crippen LogP contribution is 2.31. The summed E-state index contributed by atoms with van der Waals surface area (Å²) >= 11 is 0. The van der Waals surface area contributed by atoms with Crippen molar-refractivity contribution in [3.63, 3.8) is 0 Å². The van der Waals surface area contributed by atoms with Crippen LogP contribution in [0.4, 0.5) is 0 Å². The van der Waals surface area contributed by atoms with Crippen molar-refractivity contribution in [2.45, 2.75) is 46.2 Å². The van der Waals surface area contributed by atoms with Crippen LogP contribution in [-0.4, -0.2) is 10.4 Å². The Morgan fingerprint density at radius 2 is 1.88 bits per heavy atom.